The van der Waals surface area contributed by atoms with Gasteiger partial charge in [-0.25, -0.2) is 9.37 Å². The van der Waals surface area contributed by atoms with Crippen LogP contribution in [0.1, 0.15) is 0 Å². The SMILES string of the molecule is C=CC(=O)Nc1ccc(OC)c(Nc2cc(-n3c(SC)nnc3-c3ccc(F)cc3)ccn2)c1. The Bertz CT molecular complexity index is 1340. The van der Waals surface area contributed by atoms with Gasteiger partial charge in [-0.1, -0.05) is 18.3 Å². The molecule has 2 N–H and O–H groups in total. The fraction of sp³-hybridized carbons (Fsp3) is 0.0833. The topological polar surface area (TPSA) is 94.0 Å². The summed E-state index contributed by atoms with van der Waals surface area (Å²) >= 11 is 1.44. The molecule has 0 fully saturated rings. The molecule has 1 amide bonds. The van der Waals surface area contributed by atoms with Crippen molar-refractivity contribution in [1.29, 1.82) is 0 Å². The standard InChI is InChI=1S/C24H21FN6O2S/c1-4-22(32)27-17-9-10-20(33-2)19(13-17)28-21-14-18(11-12-26-21)31-23(29-30-24(31)34-3)15-5-7-16(25)8-6-15/h4-14H,1H2,2-3H3,(H,26,28)(H,27,32). The quantitative estimate of drug-likeness (QED) is 0.271. The lowest BCUT2D eigenvalue weighted by molar-refractivity contribution is -0.111. The zero-order chi connectivity index (χ0) is 24.1. The number of nitrogens with one attached hydrogen (secondary N) is 2. The van der Waals surface area contributed by atoms with E-state index in [4.69, 9.17) is 4.74 Å². The van der Waals surface area contributed by atoms with Crippen molar-refractivity contribution in [3.63, 3.8) is 0 Å². The number of anilines is 3. The number of pyridine rings is 1. The average molecular weight is 477 g/mol. The Labute approximate surface area is 199 Å². The molecule has 0 bridgehead atoms. The van der Waals surface area contributed by atoms with E-state index in [9.17, 15) is 9.18 Å². The van der Waals surface area contributed by atoms with Gasteiger partial charge in [-0.3, -0.25) is 9.36 Å². The number of halogens is 1. The first-order valence-electron chi connectivity index (χ1n) is 10.1. The number of amides is 1. The number of methoxy groups -OCH3 is 1. The van der Waals surface area contributed by atoms with Crippen LogP contribution in [0.3, 0.4) is 0 Å². The van der Waals surface area contributed by atoms with Gasteiger partial charge in [-0.05, 0) is 60.9 Å². The average Bonchev–Trinajstić information content (AvgIpc) is 3.29. The van der Waals surface area contributed by atoms with E-state index in [1.807, 2.05) is 23.0 Å². The number of ether oxygens (including phenoxy) is 1. The minimum atomic E-state index is -0.323. The Balaban J connectivity index is 1.71. The number of rotatable bonds is 8. The van der Waals surface area contributed by atoms with Crippen molar-refractivity contribution < 1.29 is 13.9 Å². The van der Waals surface area contributed by atoms with Crippen LogP contribution >= 0.6 is 11.8 Å². The molecular weight excluding hydrogens is 455 g/mol. The molecule has 0 unspecified atom stereocenters. The zero-order valence-electron chi connectivity index (χ0n) is 18.4. The van der Waals surface area contributed by atoms with E-state index >= 15 is 0 Å². The molecule has 2 aromatic heterocycles. The van der Waals surface area contributed by atoms with E-state index < -0.39 is 0 Å². The fourth-order valence-corrected chi connectivity index (χ4v) is 3.76. The molecule has 0 saturated heterocycles. The molecule has 0 radical (unpaired) electrons. The number of carbonyl (C=O) groups is 1. The van der Waals surface area contributed by atoms with Gasteiger partial charge in [0.2, 0.25) is 5.91 Å². The normalized spacial score (nSPS) is 10.6. The molecule has 0 aliphatic rings. The first-order chi connectivity index (χ1) is 16.5. The third-order valence-corrected chi connectivity index (χ3v) is 5.46. The monoisotopic (exact) mass is 476 g/mol. The van der Waals surface area contributed by atoms with Crippen LogP contribution in [0, 0.1) is 5.82 Å². The van der Waals surface area contributed by atoms with Crippen molar-refractivity contribution in [3.8, 4) is 22.8 Å². The third kappa shape index (κ3) is 4.91. The summed E-state index contributed by atoms with van der Waals surface area (Å²) in [6.45, 7) is 3.47. The number of hydrogen-bond acceptors (Lipinski definition) is 7. The van der Waals surface area contributed by atoms with Crippen LogP contribution in [0.4, 0.5) is 21.6 Å². The highest BCUT2D eigenvalue weighted by atomic mass is 32.2. The van der Waals surface area contributed by atoms with Crippen molar-refractivity contribution in [2.24, 2.45) is 0 Å². The molecular formula is C24H21FN6O2S. The Morgan fingerprint density at radius 3 is 2.65 bits per heavy atom. The van der Waals surface area contributed by atoms with E-state index in [-0.39, 0.29) is 11.7 Å². The maximum Gasteiger partial charge on any atom is 0.247 e. The number of hydrogen-bond donors (Lipinski definition) is 2. The summed E-state index contributed by atoms with van der Waals surface area (Å²) in [6, 6.07) is 15.0. The van der Waals surface area contributed by atoms with Gasteiger partial charge >= 0.3 is 0 Å². The second-order valence-corrected chi connectivity index (χ2v) is 7.76. The van der Waals surface area contributed by atoms with Gasteiger partial charge in [0.25, 0.3) is 0 Å². The van der Waals surface area contributed by atoms with Crippen molar-refractivity contribution in [1.82, 2.24) is 19.7 Å². The summed E-state index contributed by atoms with van der Waals surface area (Å²) in [5.74, 6) is 1.05. The minimum absolute atomic E-state index is 0.318. The molecule has 0 aliphatic carbocycles. The second-order valence-electron chi connectivity index (χ2n) is 6.99. The summed E-state index contributed by atoms with van der Waals surface area (Å²) in [4.78, 5) is 16.1. The highest BCUT2D eigenvalue weighted by molar-refractivity contribution is 7.98. The summed E-state index contributed by atoms with van der Waals surface area (Å²) in [7, 11) is 1.56. The van der Waals surface area contributed by atoms with Crippen LogP contribution in [0.2, 0.25) is 0 Å². The maximum atomic E-state index is 13.4. The smallest absolute Gasteiger partial charge is 0.247 e. The Morgan fingerprint density at radius 2 is 1.94 bits per heavy atom. The van der Waals surface area contributed by atoms with E-state index in [2.05, 4.69) is 32.4 Å². The molecule has 2 aromatic carbocycles. The van der Waals surface area contributed by atoms with Crippen molar-refractivity contribution in [3.05, 3.63) is 79.3 Å². The Morgan fingerprint density at radius 1 is 1.15 bits per heavy atom. The lowest BCUT2D eigenvalue weighted by Crippen LogP contribution is -2.08. The van der Waals surface area contributed by atoms with E-state index in [1.54, 1.807) is 43.6 Å². The summed E-state index contributed by atoms with van der Waals surface area (Å²) in [5, 5.41) is 15.2. The predicted octanol–water partition coefficient (Wildman–Crippen LogP) is 5.07. The van der Waals surface area contributed by atoms with Gasteiger partial charge in [0.1, 0.15) is 17.4 Å². The minimum Gasteiger partial charge on any atom is -0.495 e. The lowest BCUT2D eigenvalue weighted by Gasteiger charge is -2.14. The highest BCUT2D eigenvalue weighted by Gasteiger charge is 2.16. The Hall–Kier alpha value is -4.18. The van der Waals surface area contributed by atoms with Crippen LogP contribution in [0.5, 0.6) is 5.75 Å². The number of nitrogens with zero attached hydrogens (tertiary/aromatic N) is 4. The third-order valence-electron chi connectivity index (χ3n) is 4.84. The zero-order valence-corrected chi connectivity index (χ0v) is 19.3. The van der Waals surface area contributed by atoms with Crippen LogP contribution < -0.4 is 15.4 Å². The predicted molar refractivity (Wildman–Crippen MR) is 131 cm³/mol. The first kappa shape index (κ1) is 23.0. The molecule has 0 aliphatic heterocycles. The molecule has 0 saturated carbocycles. The summed E-state index contributed by atoms with van der Waals surface area (Å²) in [5.41, 5.74) is 2.68. The van der Waals surface area contributed by atoms with Gasteiger partial charge in [-0.2, -0.15) is 0 Å². The van der Waals surface area contributed by atoms with E-state index in [1.165, 1.54) is 30.0 Å². The Kier molecular flexibility index (Phi) is 6.88. The number of thioether (sulfide) groups is 1. The highest BCUT2D eigenvalue weighted by Crippen LogP contribution is 2.32. The second kappa shape index (κ2) is 10.2. The van der Waals surface area contributed by atoms with Crippen LogP contribution in [-0.2, 0) is 4.79 Å². The molecule has 172 valence electrons. The van der Waals surface area contributed by atoms with Crippen molar-refractivity contribution in [2.75, 3.05) is 24.0 Å². The van der Waals surface area contributed by atoms with Crippen molar-refractivity contribution >= 4 is 34.9 Å². The molecule has 0 spiro atoms. The fourth-order valence-electron chi connectivity index (χ4n) is 3.26. The summed E-state index contributed by atoms with van der Waals surface area (Å²) < 4.78 is 20.8. The molecule has 10 heteroatoms. The molecule has 34 heavy (non-hydrogen) atoms. The van der Waals surface area contributed by atoms with Gasteiger partial charge in [0.15, 0.2) is 11.0 Å². The van der Waals surface area contributed by atoms with E-state index in [0.29, 0.717) is 33.9 Å². The number of carbonyl (C=O) groups excluding carboxylic acids is 1. The van der Waals surface area contributed by atoms with Crippen LogP contribution in [-0.4, -0.2) is 39.0 Å². The van der Waals surface area contributed by atoms with E-state index in [0.717, 1.165) is 11.3 Å². The largest absolute Gasteiger partial charge is 0.495 e. The molecule has 0 atom stereocenters. The van der Waals surface area contributed by atoms with Crippen LogP contribution in [0.25, 0.3) is 17.1 Å². The van der Waals surface area contributed by atoms with Gasteiger partial charge in [0, 0.05) is 23.5 Å². The lowest BCUT2D eigenvalue weighted by atomic mass is 10.2. The first-order valence-corrected chi connectivity index (χ1v) is 11.3. The molecule has 8 nitrogen and oxygen atoms in total. The molecule has 4 rings (SSSR count). The molecule has 4 aromatic rings. The molecule has 2 heterocycles. The number of aromatic nitrogens is 4. The number of benzene rings is 2. The van der Waals surface area contributed by atoms with Crippen molar-refractivity contribution in [2.45, 2.75) is 5.16 Å². The summed E-state index contributed by atoms with van der Waals surface area (Å²) in [6.07, 6.45) is 4.76. The van der Waals surface area contributed by atoms with Gasteiger partial charge in [-0.15, -0.1) is 10.2 Å². The maximum absolute atomic E-state index is 13.4. The van der Waals surface area contributed by atoms with Gasteiger partial charge in [0.05, 0.1) is 18.5 Å². The van der Waals surface area contributed by atoms with Crippen LogP contribution in [0.15, 0.2) is 78.6 Å². The van der Waals surface area contributed by atoms with Gasteiger partial charge < -0.3 is 15.4 Å².